The molecule has 0 radical (unpaired) electrons. The molecule has 1 aromatic heterocycles. The van der Waals surface area contributed by atoms with Gasteiger partial charge in [0, 0.05) is 43.7 Å². The van der Waals surface area contributed by atoms with Gasteiger partial charge >= 0.3 is 0 Å². The zero-order valence-corrected chi connectivity index (χ0v) is 11.0. The van der Waals surface area contributed by atoms with Gasteiger partial charge in [-0.3, -0.25) is 15.1 Å². The van der Waals surface area contributed by atoms with Gasteiger partial charge in [-0.05, 0) is 24.3 Å². The van der Waals surface area contributed by atoms with Crippen LogP contribution in [0.25, 0.3) is 0 Å². The van der Waals surface area contributed by atoms with Crippen LogP contribution in [0, 0.1) is 10.1 Å². The van der Waals surface area contributed by atoms with Crippen LogP contribution in [0.2, 0.25) is 0 Å². The molecular weight excluding hydrogens is 256 g/mol. The van der Waals surface area contributed by atoms with Crippen LogP contribution >= 0.6 is 0 Å². The molecule has 6 heteroatoms. The maximum Gasteiger partial charge on any atom is 0.269 e. The molecule has 0 fully saturated rings. The molecule has 0 aliphatic carbocycles. The van der Waals surface area contributed by atoms with E-state index in [1.165, 1.54) is 12.1 Å². The molecule has 2 aromatic rings. The van der Waals surface area contributed by atoms with Crippen molar-refractivity contribution in [3.8, 4) is 0 Å². The summed E-state index contributed by atoms with van der Waals surface area (Å²) in [4.78, 5) is 14.3. The third-order valence-corrected chi connectivity index (χ3v) is 2.74. The molecule has 6 nitrogen and oxygen atoms in total. The van der Waals surface area contributed by atoms with Gasteiger partial charge < -0.3 is 10.6 Å². The van der Waals surface area contributed by atoms with E-state index in [-0.39, 0.29) is 5.69 Å². The van der Waals surface area contributed by atoms with Crippen molar-refractivity contribution in [2.75, 3.05) is 18.4 Å². The predicted octanol–water partition coefficient (Wildman–Crippen LogP) is 2.19. The van der Waals surface area contributed by atoms with Crippen molar-refractivity contribution in [2.45, 2.75) is 6.54 Å². The van der Waals surface area contributed by atoms with Crippen molar-refractivity contribution in [2.24, 2.45) is 0 Å². The summed E-state index contributed by atoms with van der Waals surface area (Å²) in [5, 5.41) is 17.0. The first kappa shape index (κ1) is 14.0. The molecule has 0 saturated carbocycles. The van der Waals surface area contributed by atoms with Crippen LogP contribution in [0.5, 0.6) is 0 Å². The predicted molar refractivity (Wildman–Crippen MR) is 77.5 cm³/mol. The quantitative estimate of drug-likeness (QED) is 0.459. The van der Waals surface area contributed by atoms with Gasteiger partial charge in [-0.15, -0.1) is 0 Å². The van der Waals surface area contributed by atoms with Gasteiger partial charge in [0.1, 0.15) is 0 Å². The van der Waals surface area contributed by atoms with Crippen molar-refractivity contribution in [1.29, 1.82) is 0 Å². The summed E-state index contributed by atoms with van der Waals surface area (Å²) in [6.07, 6.45) is 1.77. The summed E-state index contributed by atoms with van der Waals surface area (Å²) in [5.41, 5.74) is 1.97. The lowest BCUT2D eigenvalue weighted by Crippen LogP contribution is -2.22. The largest absolute Gasteiger partial charge is 0.384 e. The average Bonchev–Trinajstić information content (AvgIpc) is 2.48. The van der Waals surface area contributed by atoms with Gasteiger partial charge in [0.2, 0.25) is 0 Å². The van der Waals surface area contributed by atoms with Crippen LogP contribution < -0.4 is 10.6 Å². The van der Waals surface area contributed by atoms with Crippen LogP contribution in [0.3, 0.4) is 0 Å². The normalized spacial score (nSPS) is 10.2. The number of hydrogen-bond acceptors (Lipinski definition) is 5. The molecule has 0 aliphatic heterocycles. The summed E-state index contributed by atoms with van der Waals surface area (Å²) in [6, 6.07) is 12.2. The third-order valence-electron chi connectivity index (χ3n) is 2.74. The second-order valence-electron chi connectivity index (χ2n) is 4.23. The molecule has 2 rings (SSSR count). The van der Waals surface area contributed by atoms with Gasteiger partial charge in [-0.2, -0.15) is 0 Å². The van der Waals surface area contributed by atoms with Gasteiger partial charge in [0.15, 0.2) is 0 Å². The SMILES string of the molecule is O=[N+]([O-])c1ccc(NCCNCc2ccccn2)cc1. The zero-order chi connectivity index (χ0) is 14.2. The van der Waals surface area contributed by atoms with Crippen LogP contribution in [-0.2, 0) is 6.54 Å². The summed E-state index contributed by atoms with van der Waals surface area (Å²) in [5.74, 6) is 0. The van der Waals surface area contributed by atoms with E-state index >= 15 is 0 Å². The van der Waals surface area contributed by atoms with E-state index in [1.807, 2.05) is 18.2 Å². The second kappa shape index (κ2) is 7.20. The molecule has 0 saturated heterocycles. The van der Waals surface area contributed by atoms with Gasteiger partial charge in [-0.1, -0.05) is 6.07 Å². The summed E-state index contributed by atoms with van der Waals surface area (Å²) in [6.45, 7) is 2.25. The molecule has 104 valence electrons. The number of benzene rings is 1. The van der Waals surface area contributed by atoms with Crippen molar-refractivity contribution < 1.29 is 4.92 Å². The molecule has 0 unspecified atom stereocenters. The van der Waals surface area contributed by atoms with Crippen molar-refractivity contribution in [3.63, 3.8) is 0 Å². The minimum atomic E-state index is -0.405. The lowest BCUT2D eigenvalue weighted by Gasteiger charge is -2.07. The Hall–Kier alpha value is -2.47. The molecule has 0 amide bonds. The number of anilines is 1. The summed E-state index contributed by atoms with van der Waals surface area (Å²) in [7, 11) is 0. The topological polar surface area (TPSA) is 80.1 Å². The van der Waals surface area contributed by atoms with Crippen molar-refractivity contribution in [3.05, 3.63) is 64.5 Å². The van der Waals surface area contributed by atoms with Crippen LogP contribution in [0.4, 0.5) is 11.4 Å². The van der Waals surface area contributed by atoms with Crippen LogP contribution in [0.1, 0.15) is 5.69 Å². The first-order valence-corrected chi connectivity index (χ1v) is 6.34. The van der Waals surface area contributed by atoms with Crippen LogP contribution in [-0.4, -0.2) is 23.0 Å². The first-order valence-electron chi connectivity index (χ1n) is 6.34. The van der Waals surface area contributed by atoms with E-state index in [9.17, 15) is 10.1 Å². The van der Waals surface area contributed by atoms with Gasteiger partial charge in [0.05, 0.1) is 10.6 Å². The number of pyridine rings is 1. The molecule has 20 heavy (non-hydrogen) atoms. The number of nitrogens with one attached hydrogen (secondary N) is 2. The minimum Gasteiger partial charge on any atom is -0.384 e. The number of nitrogens with zero attached hydrogens (tertiary/aromatic N) is 2. The molecule has 0 atom stereocenters. The van der Waals surface area contributed by atoms with Gasteiger partial charge in [-0.25, -0.2) is 0 Å². The van der Waals surface area contributed by atoms with Gasteiger partial charge in [0.25, 0.3) is 5.69 Å². The molecule has 0 aliphatic rings. The minimum absolute atomic E-state index is 0.101. The molecule has 1 aromatic carbocycles. The number of hydrogen-bond donors (Lipinski definition) is 2. The highest BCUT2D eigenvalue weighted by atomic mass is 16.6. The van der Waals surface area contributed by atoms with E-state index in [1.54, 1.807) is 18.3 Å². The molecule has 1 heterocycles. The summed E-state index contributed by atoms with van der Waals surface area (Å²) >= 11 is 0. The Morgan fingerprint density at radius 1 is 1.10 bits per heavy atom. The van der Waals surface area contributed by atoms with Crippen molar-refractivity contribution >= 4 is 11.4 Å². The number of non-ortho nitro benzene ring substituents is 1. The number of rotatable bonds is 7. The van der Waals surface area contributed by atoms with Crippen molar-refractivity contribution in [1.82, 2.24) is 10.3 Å². The Kier molecular flexibility index (Phi) is 5.02. The Morgan fingerprint density at radius 2 is 1.90 bits per heavy atom. The molecule has 0 spiro atoms. The van der Waals surface area contributed by atoms with E-state index < -0.39 is 4.92 Å². The first-order chi connectivity index (χ1) is 9.75. The Labute approximate surface area is 117 Å². The maximum absolute atomic E-state index is 10.5. The smallest absolute Gasteiger partial charge is 0.269 e. The Bertz CT molecular complexity index is 543. The monoisotopic (exact) mass is 272 g/mol. The number of nitro benzene ring substituents is 1. The standard InChI is InChI=1S/C14H16N4O2/c19-18(20)14-6-4-12(5-7-14)17-10-9-15-11-13-3-1-2-8-16-13/h1-8,15,17H,9-11H2. The Morgan fingerprint density at radius 3 is 2.55 bits per heavy atom. The lowest BCUT2D eigenvalue weighted by molar-refractivity contribution is -0.384. The zero-order valence-electron chi connectivity index (χ0n) is 11.0. The number of aromatic nitrogens is 1. The van der Waals surface area contributed by atoms with E-state index in [0.717, 1.165) is 31.0 Å². The fraction of sp³-hybridized carbons (Fsp3) is 0.214. The maximum atomic E-state index is 10.5. The van der Waals surface area contributed by atoms with E-state index in [2.05, 4.69) is 15.6 Å². The third kappa shape index (κ3) is 4.33. The highest BCUT2D eigenvalue weighted by molar-refractivity contribution is 5.48. The van der Waals surface area contributed by atoms with E-state index in [4.69, 9.17) is 0 Å². The highest BCUT2D eigenvalue weighted by Gasteiger charge is 2.03. The fourth-order valence-electron chi connectivity index (χ4n) is 1.72. The Balaban J connectivity index is 1.67. The molecule has 2 N–H and O–H groups in total. The molecule has 0 bridgehead atoms. The fourth-order valence-corrected chi connectivity index (χ4v) is 1.72. The number of nitro groups is 1. The summed E-state index contributed by atoms with van der Waals surface area (Å²) < 4.78 is 0. The lowest BCUT2D eigenvalue weighted by atomic mass is 10.3. The average molecular weight is 272 g/mol. The highest BCUT2D eigenvalue weighted by Crippen LogP contribution is 2.14. The second-order valence-corrected chi connectivity index (χ2v) is 4.23. The van der Waals surface area contributed by atoms with E-state index in [0.29, 0.717) is 0 Å². The van der Waals surface area contributed by atoms with Crippen LogP contribution in [0.15, 0.2) is 48.7 Å². The molecular formula is C14H16N4O2.